The highest BCUT2D eigenvalue weighted by molar-refractivity contribution is 5.76. The first-order valence-corrected chi connectivity index (χ1v) is 8.10. The van der Waals surface area contributed by atoms with Gasteiger partial charge in [-0.25, -0.2) is 0 Å². The van der Waals surface area contributed by atoms with Crippen LogP contribution in [0.3, 0.4) is 0 Å². The molecular weight excluding hydrogens is 358 g/mol. The van der Waals surface area contributed by atoms with Crippen molar-refractivity contribution in [3.8, 4) is 11.5 Å². The van der Waals surface area contributed by atoms with Crippen LogP contribution in [0.1, 0.15) is 5.56 Å². The summed E-state index contributed by atoms with van der Waals surface area (Å²) in [6.45, 7) is -2.27. The fourth-order valence-corrected chi connectivity index (χ4v) is 2.71. The molecule has 9 heteroatoms. The average molecular weight is 376 g/mol. The molecule has 27 heavy (non-hydrogen) atoms. The summed E-state index contributed by atoms with van der Waals surface area (Å²) in [5, 5.41) is 8.50. The summed E-state index contributed by atoms with van der Waals surface area (Å²) in [7, 11) is 3.19. The summed E-state index contributed by atoms with van der Waals surface area (Å²) in [6.07, 6.45) is 0. The number of hydrogen-bond acceptors (Lipinski definition) is 6. The first-order chi connectivity index (χ1) is 13.0. The molecule has 0 aliphatic heterocycles. The average Bonchev–Trinajstić information content (AvgIpc) is 2.65. The summed E-state index contributed by atoms with van der Waals surface area (Å²) in [5.74, 6) is 0.180. The van der Waals surface area contributed by atoms with Crippen molar-refractivity contribution in [2.45, 2.75) is 19.8 Å². The molecule has 0 aliphatic carbocycles. The Morgan fingerprint density at radius 3 is 2.70 bits per heavy atom. The van der Waals surface area contributed by atoms with E-state index in [0.29, 0.717) is 17.4 Å². The molecule has 2 aromatic carbocycles. The zero-order valence-electron chi connectivity index (χ0n) is 14.8. The molecule has 1 aromatic heterocycles. The van der Waals surface area contributed by atoms with Crippen molar-refractivity contribution in [3.63, 3.8) is 0 Å². The molecule has 0 atom stereocenters. The van der Waals surface area contributed by atoms with E-state index in [2.05, 4.69) is 15.0 Å². The lowest BCUT2D eigenvalue weighted by Gasteiger charge is -2.18. The van der Waals surface area contributed by atoms with Crippen molar-refractivity contribution in [1.29, 1.82) is 0 Å². The van der Waals surface area contributed by atoms with Crippen LogP contribution in [0, 0.1) is 0 Å². The van der Waals surface area contributed by atoms with Gasteiger partial charge in [-0.3, -0.25) is 9.69 Å². The molecule has 0 fully saturated rings. The van der Waals surface area contributed by atoms with E-state index in [4.69, 9.17) is 4.74 Å². The number of ether oxygens (including phenoxy) is 2. The van der Waals surface area contributed by atoms with Gasteiger partial charge in [0.1, 0.15) is 5.52 Å². The van der Waals surface area contributed by atoms with Gasteiger partial charge in [-0.1, -0.05) is 23.4 Å². The van der Waals surface area contributed by atoms with Crippen molar-refractivity contribution in [2.75, 3.05) is 14.2 Å². The predicted molar refractivity (Wildman–Crippen MR) is 94.9 cm³/mol. The Bertz CT molecular complexity index is 994. The minimum atomic E-state index is -2.93. The van der Waals surface area contributed by atoms with Crippen LogP contribution in [0.2, 0.25) is 0 Å². The Morgan fingerprint density at radius 1 is 1.19 bits per heavy atom. The first kappa shape index (κ1) is 18.7. The van der Waals surface area contributed by atoms with Crippen molar-refractivity contribution >= 4 is 10.9 Å². The highest BCUT2D eigenvalue weighted by Crippen LogP contribution is 2.29. The number of halogens is 2. The number of methoxy groups -OCH3 is 1. The molecule has 0 saturated carbocycles. The summed E-state index contributed by atoms with van der Waals surface area (Å²) in [5.41, 5.74) is 1.12. The van der Waals surface area contributed by atoms with Crippen LogP contribution in [-0.4, -0.2) is 40.7 Å². The lowest BCUT2D eigenvalue weighted by Crippen LogP contribution is -2.32. The number of nitrogens with zero attached hydrogens (tertiary/aromatic N) is 4. The molecule has 0 bridgehead atoms. The van der Waals surface area contributed by atoms with Crippen LogP contribution in [0.25, 0.3) is 10.9 Å². The maximum absolute atomic E-state index is 12.5. The van der Waals surface area contributed by atoms with Gasteiger partial charge in [0.25, 0.3) is 5.56 Å². The molecule has 0 spiro atoms. The molecule has 7 nitrogen and oxygen atoms in total. The van der Waals surface area contributed by atoms with Crippen LogP contribution in [0.4, 0.5) is 8.78 Å². The quantitative estimate of drug-likeness (QED) is 0.631. The monoisotopic (exact) mass is 376 g/mol. The normalized spacial score (nSPS) is 11.3. The molecule has 0 amide bonds. The molecule has 0 radical (unpaired) electrons. The fraction of sp³-hybridized carbons (Fsp3) is 0.278. The zero-order valence-corrected chi connectivity index (χ0v) is 14.8. The molecule has 3 rings (SSSR count). The van der Waals surface area contributed by atoms with Gasteiger partial charge in [-0.05, 0) is 36.9 Å². The van der Waals surface area contributed by atoms with Crippen LogP contribution < -0.4 is 15.0 Å². The predicted octanol–water partition coefficient (Wildman–Crippen LogP) is 2.49. The SMILES string of the molecule is COc1cc(CN(C)Cn2nnc3ccccc3c2=O)ccc1OC(F)F. The Kier molecular flexibility index (Phi) is 5.60. The lowest BCUT2D eigenvalue weighted by molar-refractivity contribution is -0.0512. The molecule has 0 aliphatic rings. The van der Waals surface area contributed by atoms with Gasteiger partial charge >= 0.3 is 6.61 Å². The van der Waals surface area contributed by atoms with Gasteiger partial charge in [-0.15, -0.1) is 5.10 Å². The minimum absolute atomic E-state index is 0.0319. The standard InChI is InChI=1S/C18H18F2N4O3/c1-23(10-12-7-8-15(27-18(19)20)16(9-12)26-2)11-24-17(25)13-5-3-4-6-14(13)21-22-24/h3-9,18H,10-11H2,1-2H3. The number of rotatable bonds is 7. The summed E-state index contributed by atoms with van der Waals surface area (Å²) >= 11 is 0. The highest BCUT2D eigenvalue weighted by atomic mass is 19.3. The molecule has 0 N–H and O–H groups in total. The third kappa shape index (κ3) is 4.37. The Labute approximate surface area is 153 Å². The van der Waals surface area contributed by atoms with E-state index in [1.165, 1.54) is 17.9 Å². The topological polar surface area (TPSA) is 69.5 Å². The lowest BCUT2D eigenvalue weighted by atomic mass is 10.2. The first-order valence-electron chi connectivity index (χ1n) is 8.10. The minimum Gasteiger partial charge on any atom is -0.493 e. The number of hydrogen-bond donors (Lipinski definition) is 0. The Balaban J connectivity index is 1.75. The van der Waals surface area contributed by atoms with Gasteiger partial charge in [0, 0.05) is 6.54 Å². The van der Waals surface area contributed by atoms with E-state index in [1.54, 1.807) is 43.4 Å². The zero-order chi connectivity index (χ0) is 19.4. The molecule has 0 saturated heterocycles. The van der Waals surface area contributed by atoms with E-state index < -0.39 is 6.61 Å². The maximum Gasteiger partial charge on any atom is 0.387 e. The number of fused-ring (bicyclic) bond motifs is 1. The van der Waals surface area contributed by atoms with Gasteiger partial charge in [0.2, 0.25) is 0 Å². The number of alkyl halides is 2. The largest absolute Gasteiger partial charge is 0.493 e. The van der Waals surface area contributed by atoms with Gasteiger partial charge < -0.3 is 9.47 Å². The van der Waals surface area contributed by atoms with E-state index in [1.807, 2.05) is 4.90 Å². The molecule has 3 aromatic rings. The Hall–Kier alpha value is -3.07. The highest BCUT2D eigenvalue weighted by Gasteiger charge is 2.13. The number of benzene rings is 2. The second kappa shape index (κ2) is 8.09. The summed E-state index contributed by atoms with van der Waals surface area (Å²) < 4.78 is 35.6. The maximum atomic E-state index is 12.5. The van der Waals surface area contributed by atoms with Gasteiger partial charge in [0.15, 0.2) is 11.5 Å². The molecule has 1 heterocycles. The van der Waals surface area contributed by atoms with Crippen LogP contribution in [0.5, 0.6) is 11.5 Å². The third-order valence-electron chi connectivity index (χ3n) is 3.90. The molecule has 142 valence electrons. The number of aromatic nitrogens is 3. The van der Waals surface area contributed by atoms with Crippen molar-refractivity contribution in [3.05, 3.63) is 58.4 Å². The molecule has 0 unspecified atom stereocenters. The van der Waals surface area contributed by atoms with Gasteiger partial charge in [0.05, 0.1) is 19.2 Å². The van der Waals surface area contributed by atoms with Crippen molar-refractivity contribution < 1.29 is 18.3 Å². The van der Waals surface area contributed by atoms with Crippen LogP contribution >= 0.6 is 0 Å². The van der Waals surface area contributed by atoms with Crippen molar-refractivity contribution in [1.82, 2.24) is 19.9 Å². The van der Waals surface area contributed by atoms with Gasteiger partial charge in [-0.2, -0.15) is 13.5 Å². The van der Waals surface area contributed by atoms with E-state index in [0.717, 1.165) is 5.56 Å². The van der Waals surface area contributed by atoms with Crippen LogP contribution in [-0.2, 0) is 13.2 Å². The fourth-order valence-electron chi connectivity index (χ4n) is 2.71. The van der Waals surface area contributed by atoms with E-state index >= 15 is 0 Å². The van der Waals surface area contributed by atoms with E-state index in [9.17, 15) is 13.6 Å². The second-order valence-electron chi connectivity index (χ2n) is 5.93. The van der Waals surface area contributed by atoms with E-state index in [-0.39, 0.29) is 23.7 Å². The van der Waals surface area contributed by atoms with Crippen LogP contribution in [0.15, 0.2) is 47.3 Å². The molecular formula is C18H18F2N4O3. The summed E-state index contributed by atoms with van der Waals surface area (Å²) in [6, 6.07) is 11.7. The van der Waals surface area contributed by atoms with Crippen molar-refractivity contribution in [2.24, 2.45) is 0 Å². The third-order valence-corrected chi connectivity index (χ3v) is 3.90. The Morgan fingerprint density at radius 2 is 1.96 bits per heavy atom. The second-order valence-corrected chi connectivity index (χ2v) is 5.93. The smallest absolute Gasteiger partial charge is 0.387 e. The summed E-state index contributed by atoms with van der Waals surface area (Å²) in [4.78, 5) is 14.3.